The second-order valence-electron chi connectivity index (χ2n) is 10.4. The van der Waals surface area contributed by atoms with E-state index in [1.807, 2.05) is 26.3 Å². The number of rotatable bonds is 11. The zero-order chi connectivity index (χ0) is 29.4. The van der Waals surface area contributed by atoms with Crippen molar-refractivity contribution in [3.63, 3.8) is 0 Å². The van der Waals surface area contributed by atoms with Crippen molar-refractivity contribution in [1.82, 2.24) is 19.4 Å². The summed E-state index contributed by atoms with van der Waals surface area (Å²) in [5.74, 6) is 0.883. The highest BCUT2D eigenvalue weighted by Crippen LogP contribution is 2.30. The molecule has 3 heterocycles. The summed E-state index contributed by atoms with van der Waals surface area (Å²) in [6.07, 6.45) is 8.31. The van der Waals surface area contributed by atoms with Crippen LogP contribution in [0.3, 0.4) is 0 Å². The summed E-state index contributed by atoms with van der Waals surface area (Å²) in [4.78, 5) is 28.1. The summed E-state index contributed by atoms with van der Waals surface area (Å²) >= 11 is 0. The molecule has 216 valence electrons. The van der Waals surface area contributed by atoms with Gasteiger partial charge in [0.1, 0.15) is 11.5 Å². The molecule has 0 saturated heterocycles. The monoisotopic (exact) mass is 552 g/mol. The molecule has 40 heavy (non-hydrogen) atoms. The maximum Gasteiger partial charge on any atom is 0.280 e. The molecule has 0 bridgehead atoms. The summed E-state index contributed by atoms with van der Waals surface area (Å²) in [6.45, 7) is 12.4. The van der Waals surface area contributed by atoms with Crippen LogP contribution in [-0.2, 0) is 20.0 Å². The molecule has 2 aromatic heterocycles. The Morgan fingerprint density at radius 1 is 1.25 bits per heavy atom. The van der Waals surface area contributed by atoms with E-state index in [4.69, 9.17) is 10.7 Å². The van der Waals surface area contributed by atoms with Crippen LogP contribution in [-0.4, -0.2) is 38.7 Å². The van der Waals surface area contributed by atoms with Crippen molar-refractivity contribution in [1.29, 1.82) is 0 Å². The van der Waals surface area contributed by atoms with Crippen LogP contribution in [0.2, 0.25) is 0 Å². The van der Waals surface area contributed by atoms with Crippen LogP contribution in [0, 0.1) is 5.92 Å². The molecule has 2 aromatic rings. The Bertz CT molecular complexity index is 1370. The predicted molar refractivity (Wildman–Crippen MR) is 159 cm³/mol. The lowest BCUT2D eigenvalue weighted by atomic mass is 9.98. The van der Waals surface area contributed by atoms with Crippen molar-refractivity contribution in [2.75, 3.05) is 13.1 Å². The number of hydrogen-bond donors (Lipinski definition) is 1. The van der Waals surface area contributed by atoms with E-state index in [-0.39, 0.29) is 5.82 Å². The van der Waals surface area contributed by atoms with Gasteiger partial charge in [-0.1, -0.05) is 33.3 Å². The van der Waals surface area contributed by atoms with E-state index in [0.29, 0.717) is 18.0 Å². The summed E-state index contributed by atoms with van der Waals surface area (Å²) in [5.41, 5.74) is 11.4. The van der Waals surface area contributed by atoms with Gasteiger partial charge < -0.3 is 10.6 Å². The predicted octanol–water partition coefficient (Wildman–Crippen LogP) is 6.07. The van der Waals surface area contributed by atoms with Gasteiger partial charge in [-0.3, -0.25) is 19.3 Å². The Balaban J connectivity index is 1.91. The van der Waals surface area contributed by atoms with Crippen molar-refractivity contribution in [3.05, 3.63) is 80.6 Å². The lowest BCUT2D eigenvalue weighted by molar-refractivity contribution is 0.145. The summed E-state index contributed by atoms with van der Waals surface area (Å²) in [6, 6.07) is 3.02. The molecule has 0 aliphatic carbocycles. The molecular formula is C31H42F2N6O. The Morgan fingerprint density at radius 2 is 2.00 bits per heavy atom. The van der Waals surface area contributed by atoms with E-state index in [1.165, 1.54) is 4.57 Å². The number of nitrogens with two attached hydrogens (primary N) is 1. The number of hydrogen-bond acceptors (Lipinski definition) is 6. The van der Waals surface area contributed by atoms with Crippen LogP contribution < -0.4 is 11.3 Å². The molecule has 1 atom stereocenters. The van der Waals surface area contributed by atoms with Crippen LogP contribution >= 0.6 is 0 Å². The quantitative estimate of drug-likeness (QED) is 0.270. The largest absolute Gasteiger partial charge is 0.404 e. The Morgan fingerprint density at radius 3 is 2.65 bits per heavy atom. The second-order valence-corrected chi connectivity index (χ2v) is 10.4. The smallest absolute Gasteiger partial charge is 0.280 e. The molecule has 0 aromatic carbocycles. The zero-order valence-corrected chi connectivity index (χ0v) is 24.5. The lowest BCUT2D eigenvalue weighted by Gasteiger charge is -2.33. The van der Waals surface area contributed by atoms with Crippen LogP contribution in [0.4, 0.5) is 8.78 Å². The summed E-state index contributed by atoms with van der Waals surface area (Å²) < 4.78 is 28.1. The van der Waals surface area contributed by atoms with E-state index in [1.54, 1.807) is 13.2 Å². The highest BCUT2D eigenvalue weighted by Gasteiger charge is 2.23. The van der Waals surface area contributed by atoms with Crippen LogP contribution in [0.15, 0.2) is 51.7 Å². The third-order valence-electron chi connectivity index (χ3n) is 7.63. The van der Waals surface area contributed by atoms with Gasteiger partial charge in [-0.2, -0.15) is 0 Å². The molecule has 2 N–H and O–H groups in total. The van der Waals surface area contributed by atoms with Crippen molar-refractivity contribution in [2.45, 2.75) is 73.3 Å². The average molecular weight is 553 g/mol. The van der Waals surface area contributed by atoms with Gasteiger partial charge in [0.15, 0.2) is 0 Å². The number of fused-ring (bicyclic) bond motifs is 1. The third kappa shape index (κ3) is 7.31. The van der Waals surface area contributed by atoms with Crippen molar-refractivity contribution in [3.8, 4) is 0 Å². The van der Waals surface area contributed by atoms with Crippen molar-refractivity contribution in [2.24, 2.45) is 23.7 Å². The molecule has 1 unspecified atom stereocenters. The van der Waals surface area contributed by atoms with E-state index in [0.717, 1.165) is 78.5 Å². The average Bonchev–Trinajstić information content (AvgIpc) is 2.95. The van der Waals surface area contributed by atoms with E-state index < -0.39 is 17.7 Å². The van der Waals surface area contributed by atoms with Gasteiger partial charge in [-0.05, 0) is 55.4 Å². The first-order chi connectivity index (χ1) is 19.1. The normalized spacial score (nSPS) is 16.0. The minimum Gasteiger partial charge on any atom is -0.404 e. The SMILES string of the molecule is CC/C=C(/C(C)=C(/C)c1nc(C(F)F)cc(=O)n1C)N1CCc2ncc(/C(C=NCCC(C)CC)=C/N)cc2C1. The number of alkyl halides is 2. The fraction of sp³-hybridized carbons (Fsp3) is 0.484. The molecular weight excluding hydrogens is 510 g/mol. The molecule has 7 nitrogen and oxygen atoms in total. The first kappa shape index (κ1) is 30.9. The number of pyridine rings is 1. The Hall–Kier alpha value is -3.62. The van der Waals surface area contributed by atoms with Gasteiger partial charge in [-0.25, -0.2) is 13.8 Å². The number of halogens is 2. The summed E-state index contributed by atoms with van der Waals surface area (Å²) in [5, 5.41) is 0. The van der Waals surface area contributed by atoms with Crippen LogP contribution in [0.5, 0.6) is 0 Å². The highest BCUT2D eigenvalue weighted by atomic mass is 19.3. The fourth-order valence-corrected chi connectivity index (χ4v) is 4.74. The Kier molecular flexibility index (Phi) is 10.9. The van der Waals surface area contributed by atoms with Crippen molar-refractivity contribution >= 4 is 17.4 Å². The fourth-order valence-electron chi connectivity index (χ4n) is 4.74. The molecule has 0 radical (unpaired) electrons. The maximum atomic E-state index is 13.4. The lowest BCUT2D eigenvalue weighted by Crippen LogP contribution is -2.31. The Labute approximate surface area is 236 Å². The van der Waals surface area contributed by atoms with E-state index >= 15 is 0 Å². The highest BCUT2D eigenvalue weighted by molar-refractivity contribution is 6.09. The number of aromatic nitrogens is 3. The van der Waals surface area contributed by atoms with Crippen LogP contribution in [0.1, 0.15) is 88.6 Å². The number of nitrogens with zero attached hydrogens (tertiary/aromatic N) is 5. The molecule has 0 amide bonds. The van der Waals surface area contributed by atoms with Gasteiger partial charge >= 0.3 is 0 Å². The maximum absolute atomic E-state index is 13.4. The molecule has 0 fully saturated rings. The topological polar surface area (TPSA) is 89.4 Å². The van der Waals surface area contributed by atoms with E-state index in [2.05, 4.69) is 47.8 Å². The molecule has 0 saturated carbocycles. The van der Waals surface area contributed by atoms with Crippen LogP contribution in [0.25, 0.3) is 11.1 Å². The second kappa shape index (κ2) is 14.1. The molecule has 1 aliphatic rings. The first-order valence-electron chi connectivity index (χ1n) is 14.0. The number of allylic oxidation sites excluding steroid dienone is 4. The van der Waals surface area contributed by atoms with Crippen molar-refractivity contribution < 1.29 is 8.78 Å². The van der Waals surface area contributed by atoms with Gasteiger partial charge in [0, 0.05) is 80.3 Å². The minimum atomic E-state index is -2.82. The summed E-state index contributed by atoms with van der Waals surface area (Å²) in [7, 11) is 1.56. The standard InChI is InChI=1S/C31H42F2N6O/c1-7-9-28(21(4)22(5)31-37-27(30(32)33)15-29(40)38(31)6)39-13-11-26-24(19-39)14-23(18-36-26)25(16-34)17-35-12-10-20(3)8-2/h9,14-18,20,30H,7-8,10-13,19,34H2,1-6H3/b22-21-,25-16+,28-9-,35-17?. The first-order valence-corrected chi connectivity index (χ1v) is 14.0. The number of aliphatic imine (C=N–C) groups is 1. The zero-order valence-electron chi connectivity index (χ0n) is 24.5. The minimum absolute atomic E-state index is 0.244. The van der Waals surface area contributed by atoms with Gasteiger partial charge in [-0.15, -0.1) is 0 Å². The molecule has 3 rings (SSSR count). The molecule has 1 aliphatic heterocycles. The third-order valence-corrected chi connectivity index (χ3v) is 7.63. The van der Waals surface area contributed by atoms with Gasteiger partial charge in [0.2, 0.25) is 0 Å². The molecule has 9 heteroatoms. The molecule has 0 spiro atoms. The van der Waals surface area contributed by atoms with Gasteiger partial charge in [0.05, 0.1) is 0 Å². The van der Waals surface area contributed by atoms with Gasteiger partial charge in [0.25, 0.3) is 12.0 Å². The van der Waals surface area contributed by atoms with E-state index in [9.17, 15) is 13.6 Å².